The van der Waals surface area contributed by atoms with Crippen molar-refractivity contribution in [1.82, 2.24) is 4.57 Å². The van der Waals surface area contributed by atoms with Gasteiger partial charge in [0.25, 0.3) is 0 Å². The summed E-state index contributed by atoms with van der Waals surface area (Å²) in [4.78, 5) is 0. The molecule has 3 aromatic carbocycles. The van der Waals surface area contributed by atoms with Gasteiger partial charge in [-0.15, -0.1) is 0 Å². The average molecular weight is 395 g/mol. The number of amidine groups is 1. The van der Waals surface area contributed by atoms with Gasteiger partial charge in [0.1, 0.15) is 0 Å². The van der Waals surface area contributed by atoms with E-state index in [1.807, 2.05) is 6.07 Å². The molecule has 30 heavy (non-hydrogen) atoms. The van der Waals surface area contributed by atoms with Crippen LogP contribution in [-0.2, 0) is 13.0 Å². The van der Waals surface area contributed by atoms with E-state index in [4.69, 9.17) is 11.3 Å². The van der Waals surface area contributed by atoms with Crippen LogP contribution in [0, 0.1) is 5.92 Å². The molecule has 0 amide bonds. The van der Waals surface area contributed by atoms with Crippen LogP contribution >= 0.6 is 0 Å². The van der Waals surface area contributed by atoms with Gasteiger partial charge in [-0.05, 0) is 53.3 Å². The third-order valence-corrected chi connectivity index (χ3v) is 6.13. The molecule has 1 aromatic heterocycles. The van der Waals surface area contributed by atoms with Gasteiger partial charge in [-0.1, -0.05) is 55.5 Å². The second-order valence-corrected chi connectivity index (χ2v) is 7.96. The van der Waals surface area contributed by atoms with Crippen LogP contribution in [0.25, 0.3) is 27.9 Å². The largest absolute Gasteiger partial charge is 0.350 e. The van der Waals surface area contributed by atoms with Gasteiger partial charge in [-0.3, -0.25) is 11.3 Å². The van der Waals surface area contributed by atoms with Crippen molar-refractivity contribution >= 4 is 33.7 Å². The second-order valence-electron chi connectivity index (χ2n) is 7.96. The van der Waals surface area contributed by atoms with Gasteiger partial charge in [0.2, 0.25) is 0 Å². The highest BCUT2D eigenvalue weighted by molar-refractivity contribution is 6.10. The highest BCUT2D eigenvalue weighted by Crippen LogP contribution is 2.34. The molecule has 1 heterocycles. The Bertz CT molecular complexity index is 1340. The van der Waals surface area contributed by atoms with Crippen LogP contribution in [0.5, 0.6) is 0 Å². The Morgan fingerprint density at radius 1 is 1.03 bits per heavy atom. The Kier molecular flexibility index (Phi) is 4.43. The van der Waals surface area contributed by atoms with Crippen molar-refractivity contribution in [3.8, 4) is 0 Å². The maximum absolute atomic E-state index is 6.02. The fraction of sp³-hybridized carbons (Fsp3) is 0.160. The number of hydrogen-bond donors (Lipinski definition) is 2. The van der Waals surface area contributed by atoms with E-state index in [0.29, 0.717) is 11.8 Å². The summed E-state index contributed by atoms with van der Waals surface area (Å²) in [6, 6.07) is 23.4. The summed E-state index contributed by atoms with van der Waals surface area (Å²) < 4.78 is 2.41. The summed E-state index contributed by atoms with van der Waals surface area (Å²) in [6.45, 7) is 3.18. The lowest BCUT2D eigenvalue weighted by atomic mass is 9.84. The monoisotopic (exact) mass is 394 g/mol. The number of benzene rings is 3. The van der Waals surface area contributed by atoms with Crippen molar-refractivity contribution in [2.45, 2.75) is 19.9 Å². The van der Waals surface area contributed by atoms with Crippen molar-refractivity contribution in [1.29, 1.82) is 0 Å². The highest BCUT2D eigenvalue weighted by Gasteiger charge is 2.20. The minimum Gasteiger partial charge on any atom is -0.336 e. The van der Waals surface area contributed by atoms with E-state index in [9.17, 15) is 0 Å². The summed E-state index contributed by atoms with van der Waals surface area (Å²) in [5.74, 6) is 5.99. The molecule has 0 fully saturated rings. The van der Waals surface area contributed by atoms with Crippen LogP contribution < -0.4 is 11.3 Å². The first kappa shape index (κ1) is 18.3. The quantitative estimate of drug-likeness (QED) is 0.178. The number of nitrogens with zero attached hydrogens (tertiary/aromatic N) is 3. The number of hydrogen-bond acceptors (Lipinski definition) is 1. The Morgan fingerprint density at radius 2 is 1.80 bits per heavy atom. The van der Waals surface area contributed by atoms with Crippen LogP contribution in [0.4, 0.5) is 0 Å². The van der Waals surface area contributed by atoms with Gasteiger partial charge < -0.3 is 4.57 Å². The van der Waals surface area contributed by atoms with Crippen molar-refractivity contribution in [3.63, 3.8) is 0 Å². The maximum atomic E-state index is 6.02. The predicted octanol–water partition coefficient (Wildman–Crippen LogP) is 3.90. The molecule has 0 aliphatic heterocycles. The van der Waals surface area contributed by atoms with E-state index in [2.05, 4.69) is 88.6 Å². The lowest BCUT2D eigenvalue weighted by Crippen LogP contribution is -2.38. The summed E-state index contributed by atoms with van der Waals surface area (Å²) >= 11 is 0. The lowest BCUT2D eigenvalue weighted by Gasteiger charge is -2.24. The molecule has 1 aliphatic rings. The number of allylic oxidation sites excluding steroid dienone is 1. The van der Waals surface area contributed by atoms with E-state index in [0.717, 1.165) is 23.9 Å². The third kappa shape index (κ3) is 2.99. The topological polar surface area (TPSA) is 81.3 Å². The molecule has 0 saturated carbocycles. The lowest BCUT2D eigenvalue weighted by molar-refractivity contribution is -0.114. The maximum Gasteiger partial charge on any atom is 0.350 e. The molecule has 0 spiro atoms. The molecule has 5 rings (SSSR count). The first-order valence-electron chi connectivity index (χ1n) is 10.2. The second kappa shape index (κ2) is 7.26. The van der Waals surface area contributed by atoms with Crippen molar-refractivity contribution in [2.75, 3.05) is 0 Å². The van der Waals surface area contributed by atoms with Crippen LogP contribution in [0.1, 0.15) is 23.6 Å². The molecule has 1 atom stereocenters. The molecule has 4 aromatic rings. The Morgan fingerprint density at radius 3 is 2.67 bits per heavy atom. The highest BCUT2D eigenvalue weighted by atomic mass is 15.3. The Balaban J connectivity index is 1.65. The summed E-state index contributed by atoms with van der Waals surface area (Å²) in [5, 5.41) is 15.5. The first-order chi connectivity index (χ1) is 14.7. The molecule has 5 heteroatoms. The fourth-order valence-electron chi connectivity index (χ4n) is 4.55. The Labute approximate surface area is 175 Å². The molecule has 0 bridgehead atoms. The number of fused-ring (bicyclic) bond motifs is 4. The SMILES string of the molecule is CC1Cc2ccccc2C=C1Cn1c2ccccc2c2cc(C(=[NH2+])N=NN)ccc21. The molecule has 0 radical (unpaired) electrons. The molecular formula is C25H24N5+. The van der Waals surface area contributed by atoms with Gasteiger partial charge in [-0.25, -0.2) is 0 Å². The zero-order valence-electron chi connectivity index (χ0n) is 16.9. The zero-order chi connectivity index (χ0) is 20.7. The van der Waals surface area contributed by atoms with Crippen molar-refractivity contribution in [2.24, 2.45) is 22.1 Å². The van der Waals surface area contributed by atoms with E-state index < -0.39 is 0 Å². The number of rotatable bonds is 3. The van der Waals surface area contributed by atoms with Crippen LogP contribution in [0.15, 0.2) is 82.6 Å². The average Bonchev–Trinajstić information content (AvgIpc) is 3.07. The van der Waals surface area contributed by atoms with E-state index >= 15 is 0 Å². The minimum absolute atomic E-state index is 0.316. The molecule has 1 unspecified atom stereocenters. The van der Waals surface area contributed by atoms with Gasteiger partial charge in [0.05, 0.1) is 10.7 Å². The van der Waals surface area contributed by atoms with Crippen LogP contribution in [0.3, 0.4) is 0 Å². The third-order valence-electron chi connectivity index (χ3n) is 6.13. The number of aromatic nitrogens is 1. The standard InChI is InChI=1S/C25H23N5/c1-16-12-17-6-2-3-7-18(17)13-20(16)15-30-23-9-5-4-8-21(23)22-14-19(10-11-24(22)30)25(26)28-29-27/h2-11,13-14,16H,12,15H2,1H3,(H3,26,27,28)/p+1. The first-order valence-corrected chi connectivity index (χ1v) is 10.2. The fourth-order valence-corrected chi connectivity index (χ4v) is 4.55. The molecule has 0 saturated heterocycles. The molecule has 1 aliphatic carbocycles. The normalized spacial score (nSPS) is 16.2. The van der Waals surface area contributed by atoms with E-state index in [-0.39, 0.29) is 0 Å². The van der Waals surface area contributed by atoms with Gasteiger partial charge >= 0.3 is 5.84 Å². The molecule has 5 nitrogen and oxygen atoms in total. The van der Waals surface area contributed by atoms with Crippen LogP contribution in [-0.4, -0.2) is 10.4 Å². The van der Waals surface area contributed by atoms with Gasteiger partial charge in [0.15, 0.2) is 0 Å². The van der Waals surface area contributed by atoms with E-state index in [1.165, 1.54) is 33.1 Å². The molecule has 4 N–H and O–H groups in total. The zero-order valence-corrected chi connectivity index (χ0v) is 16.9. The molecule has 148 valence electrons. The summed E-state index contributed by atoms with van der Waals surface area (Å²) in [5.41, 5.74) is 7.44. The van der Waals surface area contributed by atoms with Crippen LogP contribution in [0.2, 0.25) is 0 Å². The summed E-state index contributed by atoms with van der Waals surface area (Å²) in [7, 11) is 0. The van der Waals surface area contributed by atoms with Crippen molar-refractivity contribution in [3.05, 3.63) is 89.0 Å². The summed E-state index contributed by atoms with van der Waals surface area (Å²) in [6.07, 6.45) is 3.45. The molecular weight excluding hydrogens is 370 g/mol. The Hall–Kier alpha value is -3.73. The number of nitrogens with two attached hydrogens (primary N) is 2. The van der Waals surface area contributed by atoms with Gasteiger partial charge in [0, 0.05) is 33.6 Å². The van der Waals surface area contributed by atoms with Crippen molar-refractivity contribution < 1.29 is 5.41 Å². The van der Waals surface area contributed by atoms with Gasteiger partial charge in [-0.2, -0.15) is 0 Å². The number of para-hydroxylation sites is 1. The predicted molar refractivity (Wildman–Crippen MR) is 122 cm³/mol. The smallest absolute Gasteiger partial charge is 0.336 e. The minimum atomic E-state index is 0.316. The van der Waals surface area contributed by atoms with E-state index in [1.54, 1.807) is 0 Å².